The largest absolute Gasteiger partial charge is 0.494 e. The van der Waals surface area contributed by atoms with E-state index < -0.39 is 29.7 Å². The first-order valence-electron chi connectivity index (χ1n) is 17.7. The van der Waals surface area contributed by atoms with Gasteiger partial charge < -0.3 is 24.8 Å². The van der Waals surface area contributed by atoms with Gasteiger partial charge in [0.1, 0.15) is 34.1 Å². The van der Waals surface area contributed by atoms with Gasteiger partial charge in [-0.25, -0.2) is 9.78 Å². The Morgan fingerprint density at radius 2 is 1.82 bits per heavy atom. The number of nitrogens with one attached hydrogen (secondary N) is 1. The van der Waals surface area contributed by atoms with E-state index in [4.69, 9.17) is 14.5 Å². The summed E-state index contributed by atoms with van der Waals surface area (Å²) in [5.41, 5.74) is 0.0963. The normalized spacial score (nSPS) is 18.8. The van der Waals surface area contributed by atoms with Crippen LogP contribution in [0.1, 0.15) is 126 Å². The fraction of sp³-hybridized carbons (Fsp3) is 0.649. The van der Waals surface area contributed by atoms with Gasteiger partial charge in [0.15, 0.2) is 0 Å². The molecule has 0 spiro atoms. The summed E-state index contributed by atoms with van der Waals surface area (Å²) in [4.78, 5) is 61.8. The molecule has 0 bridgehead atoms. The van der Waals surface area contributed by atoms with Crippen LogP contribution < -0.4 is 10.1 Å². The monoisotopic (exact) mass is 698 g/mol. The topological polar surface area (TPSA) is 138 Å². The van der Waals surface area contributed by atoms with Crippen molar-refractivity contribution >= 4 is 35.0 Å². The zero-order chi connectivity index (χ0) is 35.7. The van der Waals surface area contributed by atoms with Crippen molar-refractivity contribution < 1.29 is 33.8 Å². The minimum absolute atomic E-state index is 0.00773. The van der Waals surface area contributed by atoms with Gasteiger partial charge in [-0.05, 0) is 97.6 Å². The Bertz CT molecular complexity index is 1430. The SMILES string of the molecule is CC(O)CCCCOc1cccc(C(=O)c2csc([C@@H]3CCCN3C(=O)[C@@H](NC(=O)[C@H](C)N(C)C(=O)OC(C)(C)C)C3CCCCC3)n2)c1. The number of amides is 3. The molecule has 2 fully saturated rings. The molecule has 4 rings (SSSR count). The molecule has 11 nitrogen and oxygen atoms in total. The number of hydrogen-bond donors (Lipinski definition) is 2. The maximum Gasteiger partial charge on any atom is 0.410 e. The minimum Gasteiger partial charge on any atom is -0.494 e. The number of ether oxygens (including phenoxy) is 2. The second-order valence-corrected chi connectivity index (χ2v) is 15.4. The summed E-state index contributed by atoms with van der Waals surface area (Å²) < 4.78 is 11.3. The average Bonchev–Trinajstić information content (AvgIpc) is 3.76. The third-order valence-electron chi connectivity index (χ3n) is 9.28. The molecule has 1 aromatic carbocycles. The van der Waals surface area contributed by atoms with Crippen LogP contribution in [0.5, 0.6) is 5.75 Å². The van der Waals surface area contributed by atoms with Crippen LogP contribution in [0.2, 0.25) is 0 Å². The van der Waals surface area contributed by atoms with Gasteiger partial charge in [-0.3, -0.25) is 19.3 Å². The Labute approximate surface area is 294 Å². The molecule has 49 heavy (non-hydrogen) atoms. The Morgan fingerprint density at radius 3 is 2.51 bits per heavy atom. The molecule has 2 N–H and O–H groups in total. The first-order valence-corrected chi connectivity index (χ1v) is 18.6. The van der Waals surface area contributed by atoms with Crippen molar-refractivity contribution in [2.75, 3.05) is 20.2 Å². The Kier molecular flexibility index (Phi) is 13.6. The molecule has 1 unspecified atom stereocenters. The van der Waals surface area contributed by atoms with E-state index >= 15 is 0 Å². The van der Waals surface area contributed by atoms with Gasteiger partial charge in [0, 0.05) is 24.5 Å². The molecule has 1 aromatic heterocycles. The number of likely N-dealkylation sites (tertiary alicyclic amines) is 1. The van der Waals surface area contributed by atoms with Gasteiger partial charge in [0.25, 0.3) is 0 Å². The molecule has 1 aliphatic carbocycles. The highest BCUT2D eigenvalue weighted by atomic mass is 32.1. The predicted molar refractivity (Wildman–Crippen MR) is 189 cm³/mol. The summed E-state index contributed by atoms with van der Waals surface area (Å²) in [5, 5.41) is 14.9. The van der Waals surface area contributed by atoms with Crippen LogP contribution in [0.25, 0.3) is 0 Å². The number of likely N-dealkylation sites (N-methyl/N-ethyl adjacent to an activating group) is 1. The van der Waals surface area contributed by atoms with Crippen molar-refractivity contribution in [1.82, 2.24) is 20.1 Å². The second-order valence-electron chi connectivity index (χ2n) is 14.5. The number of carbonyl (C=O) groups excluding carboxylic acids is 4. The fourth-order valence-corrected chi connectivity index (χ4v) is 7.35. The zero-order valence-corrected chi connectivity index (χ0v) is 30.7. The summed E-state index contributed by atoms with van der Waals surface area (Å²) in [6.45, 7) is 9.75. The zero-order valence-electron chi connectivity index (χ0n) is 29.9. The Hall–Kier alpha value is -3.51. The van der Waals surface area contributed by atoms with Gasteiger partial charge in [-0.15, -0.1) is 11.3 Å². The molecule has 0 radical (unpaired) electrons. The van der Waals surface area contributed by atoms with E-state index in [-0.39, 0.29) is 29.8 Å². The van der Waals surface area contributed by atoms with Crippen molar-refractivity contribution in [2.24, 2.45) is 5.92 Å². The molecule has 2 aromatic rings. The van der Waals surface area contributed by atoms with E-state index in [2.05, 4.69) is 5.32 Å². The summed E-state index contributed by atoms with van der Waals surface area (Å²) in [7, 11) is 1.53. The van der Waals surface area contributed by atoms with E-state index in [1.807, 2.05) is 11.0 Å². The predicted octanol–water partition coefficient (Wildman–Crippen LogP) is 6.29. The highest BCUT2D eigenvalue weighted by Gasteiger charge is 2.41. The van der Waals surface area contributed by atoms with Crippen LogP contribution >= 0.6 is 11.3 Å². The molecule has 2 aliphatic rings. The van der Waals surface area contributed by atoms with Gasteiger partial charge in [-0.1, -0.05) is 31.4 Å². The number of benzene rings is 1. The first-order chi connectivity index (χ1) is 23.2. The molecule has 3 amide bonds. The summed E-state index contributed by atoms with van der Waals surface area (Å²) >= 11 is 1.37. The first kappa shape index (κ1) is 38.3. The number of hydrogen-bond acceptors (Lipinski definition) is 9. The summed E-state index contributed by atoms with van der Waals surface area (Å²) in [5.74, 6) is -0.161. The van der Waals surface area contributed by atoms with Crippen LogP contribution in [-0.2, 0) is 14.3 Å². The van der Waals surface area contributed by atoms with Crippen LogP contribution in [0.4, 0.5) is 4.79 Å². The number of rotatable bonds is 14. The van der Waals surface area contributed by atoms with Crippen molar-refractivity contribution in [3.05, 3.63) is 45.9 Å². The maximum absolute atomic E-state index is 14.3. The van der Waals surface area contributed by atoms with E-state index in [0.29, 0.717) is 41.6 Å². The maximum atomic E-state index is 14.3. The van der Waals surface area contributed by atoms with Crippen molar-refractivity contribution in [1.29, 1.82) is 0 Å². The summed E-state index contributed by atoms with van der Waals surface area (Å²) in [6.07, 6.45) is 7.73. The molecule has 1 saturated carbocycles. The number of carbonyl (C=O) groups is 4. The molecule has 1 saturated heterocycles. The van der Waals surface area contributed by atoms with Crippen LogP contribution in [0.15, 0.2) is 29.6 Å². The highest BCUT2D eigenvalue weighted by Crippen LogP contribution is 2.37. The lowest BCUT2D eigenvalue weighted by Crippen LogP contribution is -2.56. The van der Waals surface area contributed by atoms with Crippen LogP contribution in [-0.4, -0.2) is 87.6 Å². The van der Waals surface area contributed by atoms with Gasteiger partial charge in [-0.2, -0.15) is 0 Å². The number of ketones is 1. The lowest BCUT2D eigenvalue weighted by Gasteiger charge is -2.36. The van der Waals surface area contributed by atoms with Gasteiger partial charge >= 0.3 is 6.09 Å². The lowest BCUT2D eigenvalue weighted by molar-refractivity contribution is -0.140. The molecular formula is C37H54N4O7S. The van der Waals surface area contributed by atoms with Gasteiger partial charge in [0.2, 0.25) is 17.6 Å². The third kappa shape index (κ3) is 10.7. The van der Waals surface area contributed by atoms with Crippen LogP contribution in [0, 0.1) is 5.92 Å². The van der Waals surface area contributed by atoms with Crippen molar-refractivity contribution in [3.63, 3.8) is 0 Å². The van der Waals surface area contributed by atoms with E-state index in [1.165, 1.54) is 23.3 Å². The third-order valence-corrected chi connectivity index (χ3v) is 10.2. The molecule has 4 atom stereocenters. The summed E-state index contributed by atoms with van der Waals surface area (Å²) in [6, 6.07) is 5.21. The van der Waals surface area contributed by atoms with Crippen molar-refractivity contribution in [3.8, 4) is 5.75 Å². The number of nitrogens with zero attached hydrogens (tertiary/aromatic N) is 3. The number of aliphatic hydroxyl groups excluding tert-OH is 1. The van der Waals surface area contributed by atoms with Gasteiger partial charge in [0.05, 0.1) is 18.8 Å². The Balaban J connectivity index is 1.45. The van der Waals surface area contributed by atoms with E-state index in [1.54, 1.807) is 58.2 Å². The smallest absolute Gasteiger partial charge is 0.410 e. The quantitative estimate of drug-likeness (QED) is 0.174. The molecule has 12 heteroatoms. The Morgan fingerprint density at radius 1 is 1.08 bits per heavy atom. The second kappa shape index (κ2) is 17.4. The number of thiazole rings is 1. The lowest BCUT2D eigenvalue weighted by atomic mass is 9.83. The molecule has 2 heterocycles. The molecule has 1 aliphatic heterocycles. The van der Waals surface area contributed by atoms with E-state index in [0.717, 1.165) is 57.8 Å². The fourth-order valence-electron chi connectivity index (χ4n) is 6.41. The number of aliphatic hydroxyl groups is 1. The minimum atomic E-state index is -0.838. The number of aromatic nitrogens is 1. The molecule has 270 valence electrons. The number of unbranched alkanes of at least 4 members (excludes halogenated alkanes) is 1. The average molecular weight is 699 g/mol. The van der Waals surface area contributed by atoms with E-state index in [9.17, 15) is 24.3 Å². The standard InChI is InChI=1S/C37H54N4O7S/c1-24(42)14-10-11-21-47-28-18-12-17-27(22-28)32(43)29-23-49-34(38-29)30-19-13-20-41(30)35(45)31(26-15-8-7-9-16-26)39-33(44)25(2)40(6)36(46)48-37(3,4)5/h12,17-18,22-26,30-31,42H,7-11,13-16,19-21H2,1-6H3,(H,39,44)/t24?,25-,30-,31-/m0/s1. The molecular weight excluding hydrogens is 644 g/mol. The van der Waals surface area contributed by atoms with Crippen LogP contribution in [0.3, 0.4) is 0 Å². The highest BCUT2D eigenvalue weighted by molar-refractivity contribution is 7.10. The van der Waals surface area contributed by atoms with Crippen molar-refractivity contribution in [2.45, 2.75) is 129 Å².